The Morgan fingerprint density at radius 3 is 2.62 bits per heavy atom. The summed E-state index contributed by atoms with van der Waals surface area (Å²) < 4.78 is 33.0. The lowest BCUT2D eigenvalue weighted by Crippen LogP contribution is -2.38. The summed E-state index contributed by atoms with van der Waals surface area (Å²) in [6.45, 7) is 4.35. The van der Waals surface area contributed by atoms with Gasteiger partial charge < -0.3 is 9.72 Å². The number of amides is 1. The summed E-state index contributed by atoms with van der Waals surface area (Å²) in [5, 5.41) is 0. The first kappa shape index (κ1) is 19.2. The zero-order valence-electron chi connectivity index (χ0n) is 14.4. The van der Waals surface area contributed by atoms with Gasteiger partial charge in [0, 0.05) is 23.5 Å². The first-order valence-corrected chi connectivity index (χ1v) is 7.59. The normalized spacial score (nSPS) is 11.1. The Morgan fingerprint density at radius 1 is 1.35 bits per heavy atom. The Bertz CT molecular complexity index is 890. The SMILES string of the molecule is CC(C)(C)OC(=O)N(Cc1cc(F)c[nH]c1=O)c1ncc(C=O)cc1F. The number of anilines is 1. The molecule has 1 N–H and O–H groups in total. The van der Waals surface area contributed by atoms with Crippen LogP contribution in [0.3, 0.4) is 0 Å². The van der Waals surface area contributed by atoms with E-state index in [9.17, 15) is 23.2 Å². The molecule has 26 heavy (non-hydrogen) atoms. The lowest BCUT2D eigenvalue weighted by atomic mass is 10.2. The molecule has 0 saturated heterocycles. The van der Waals surface area contributed by atoms with Crippen LogP contribution in [-0.4, -0.2) is 27.9 Å². The van der Waals surface area contributed by atoms with Gasteiger partial charge in [0.2, 0.25) is 0 Å². The lowest BCUT2D eigenvalue weighted by Gasteiger charge is -2.27. The van der Waals surface area contributed by atoms with Gasteiger partial charge in [0.1, 0.15) is 11.4 Å². The Balaban J connectivity index is 2.48. The van der Waals surface area contributed by atoms with Crippen molar-refractivity contribution < 1.29 is 23.1 Å². The number of hydrogen-bond acceptors (Lipinski definition) is 5. The fourth-order valence-corrected chi connectivity index (χ4v) is 2.04. The summed E-state index contributed by atoms with van der Waals surface area (Å²) in [6, 6.07) is 1.82. The molecule has 0 aromatic carbocycles. The summed E-state index contributed by atoms with van der Waals surface area (Å²) >= 11 is 0. The molecule has 2 aromatic rings. The second-order valence-corrected chi connectivity index (χ2v) is 6.43. The molecular formula is C17H17F2N3O4. The molecule has 0 unspecified atom stereocenters. The summed E-state index contributed by atoms with van der Waals surface area (Å²) in [7, 11) is 0. The molecule has 1 amide bonds. The van der Waals surface area contributed by atoms with Gasteiger partial charge >= 0.3 is 6.09 Å². The van der Waals surface area contributed by atoms with Gasteiger partial charge in [-0.3, -0.25) is 14.5 Å². The first-order valence-electron chi connectivity index (χ1n) is 7.59. The Kier molecular flexibility index (Phi) is 5.49. The molecule has 0 saturated carbocycles. The number of aromatic nitrogens is 2. The number of nitrogens with zero attached hydrogens (tertiary/aromatic N) is 2. The summed E-state index contributed by atoms with van der Waals surface area (Å²) in [5.74, 6) is -2.14. The van der Waals surface area contributed by atoms with Crippen molar-refractivity contribution >= 4 is 18.2 Å². The van der Waals surface area contributed by atoms with E-state index in [-0.39, 0.29) is 11.1 Å². The minimum absolute atomic E-state index is 0.0287. The maximum Gasteiger partial charge on any atom is 0.416 e. The zero-order valence-corrected chi connectivity index (χ0v) is 14.4. The van der Waals surface area contributed by atoms with Gasteiger partial charge in [-0.25, -0.2) is 18.6 Å². The summed E-state index contributed by atoms with van der Waals surface area (Å²) in [5.41, 5.74) is -1.71. The number of pyridine rings is 2. The predicted molar refractivity (Wildman–Crippen MR) is 89.0 cm³/mol. The van der Waals surface area contributed by atoms with Crippen LogP contribution in [0.5, 0.6) is 0 Å². The van der Waals surface area contributed by atoms with E-state index in [1.165, 1.54) is 0 Å². The quantitative estimate of drug-likeness (QED) is 0.841. The van der Waals surface area contributed by atoms with Crippen LogP contribution < -0.4 is 10.5 Å². The van der Waals surface area contributed by atoms with Gasteiger partial charge in [-0.15, -0.1) is 0 Å². The van der Waals surface area contributed by atoms with Crippen LogP contribution in [0.2, 0.25) is 0 Å². The average Bonchev–Trinajstić information content (AvgIpc) is 2.54. The molecule has 0 atom stereocenters. The van der Waals surface area contributed by atoms with Crippen molar-refractivity contribution in [3.8, 4) is 0 Å². The van der Waals surface area contributed by atoms with E-state index in [0.29, 0.717) is 6.29 Å². The number of aromatic amines is 1. The molecule has 2 aromatic heterocycles. The van der Waals surface area contributed by atoms with Crippen LogP contribution in [0, 0.1) is 11.6 Å². The van der Waals surface area contributed by atoms with Gasteiger partial charge in [0.15, 0.2) is 17.9 Å². The smallest absolute Gasteiger partial charge is 0.416 e. The highest BCUT2D eigenvalue weighted by molar-refractivity contribution is 5.87. The van der Waals surface area contributed by atoms with E-state index in [1.807, 2.05) is 0 Å². The molecule has 0 fully saturated rings. The van der Waals surface area contributed by atoms with Crippen LogP contribution in [0.4, 0.5) is 19.4 Å². The second kappa shape index (κ2) is 7.42. The number of H-pyrrole nitrogens is 1. The number of nitrogens with one attached hydrogen (secondary N) is 1. The highest BCUT2D eigenvalue weighted by Gasteiger charge is 2.27. The molecule has 138 valence electrons. The Morgan fingerprint density at radius 2 is 2.04 bits per heavy atom. The molecular weight excluding hydrogens is 348 g/mol. The number of rotatable bonds is 4. The van der Waals surface area contributed by atoms with Crippen LogP contribution in [0.1, 0.15) is 36.7 Å². The third kappa shape index (κ3) is 4.71. The van der Waals surface area contributed by atoms with Gasteiger partial charge in [-0.2, -0.15) is 0 Å². The topological polar surface area (TPSA) is 92.4 Å². The molecule has 7 nitrogen and oxygen atoms in total. The van der Waals surface area contributed by atoms with E-state index in [0.717, 1.165) is 29.4 Å². The van der Waals surface area contributed by atoms with Crippen molar-refractivity contribution in [3.05, 3.63) is 57.6 Å². The summed E-state index contributed by atoms with van der Waals surface area (Å²) in [4.78, 5) is 41.8. The molecule has 0 radical (unpaired) electrons. The van der Waals surface area contributed by atoms with Gasteiger partial charge in [-0.1, -0.05) is 0 Å². The third-order valence-corrected chi connectivity index (χ3v) is 3.12. The van der Waals surface area contributed by atoms with Crippen LogP contribution in [0.15, 0.2) is 29.3 Å². The number of hydrogen-bond donors (Lipinski definition) is 1. The van der Waals surface area contributed by atoms with E-state index in [2.05, 4.69) is 9.97 Å². The number of halogens is 2. The second-order valence-electron chi connectivity index (χ2n) is 6.43. The molecule has 0 spiro atoms. The predicted octanol–water partition coefficient (Wildman–Crippen LogP) is 2.80. The third-order valence-electron chi connectivity index (χ3n) is 3.12. The molecule has 0 aliphatic carbocycles. The number of carbonyl (C=O) groups excluding carboxylic acids is 2. The minimum atomic E-state index is -0.980. The lowest BCUT2D eigenvalue weighted by molar-refractivity contribution is 0.0574. The number of ether oxygens (including phenoxy) is 1. The highest BCUT2D eigenvalue weighted by Crippen LogP contribution is 2.22. The number of aldehydes is 1. The standard InChI is InChI=1S/C17H17F2N3O4/c1-17(2,3)26-16(25)22(8-11-5-12(18)7-21-15(11)24)14-13(19)4-10(9-23)6-20-14/h4-7,9H,8H2,1-3H3,(H,21,24). The van der Waals surface area contributed by atoms with E-state index < -0.39 is 41.3 Å². The molecule has 0 aliphatic rings. The summed E-state index contributed by atoms with van der Waals surface area (Å²) in [6.07, 6.45) is 1.35. The highest BCUT2D eigenvalue weighted by atomic mass is 19.1. The van der Waals surface area contributed by atoms with Gasteiger partial charge in [0.05, 0.1) is 6.54 Å². The maximum absolute atomic E-state index is 14.3. The van der Waals surface area contributed by atoms with Crippen molar-refractivity contribution in [3.63, 3.8) is 0 Å². The molecule has 9 heteroatoms. The van der Waals surface area contributed by atoms with Crippen molar-refractivity contribution in [1.82, 2.24) is 9.97 Å². The van der Waals surface area contributed by atoms with Crippen molar-refractivity contribution in [2.24, 2.45) is 0 Å². The minimum Gasteiger partial charge on any atom is -0.443 e. The van der Waals surface area contributed by atoms with Crippen LogP contribution in [0.25, 0.3) is 0 Å². The monoisotopic (exact) mass is 365 g/mol. The molecule has 2 rings (SSSR count). The van der Waals surface area contributed by atoms with E-state index >= 15 is 0 Å². The molecule has 2 heterocycles. The largest absolute Gasteiger partial charge is 0.443 e. The van der Waals surface area contributed by atoms with Gasteiger partial charge in [0.25, 0.3) is 5.56 Å². The molecule has 0 bridgehead atoms. The van der Waals surface area contributed by atoms with Crippen LogP contribution >= 0.6 is 0 Å². The zero-order chi connectivity index (χ0) is 19.5. The van der Waals surface area contributed by atoms with E-state index in [1.54, 1.807) is 20.8 Å². The Hall–Kier alpha value is -3.10. The maximum atomic E-state index is 14.3. The van der Waals surface area contributed by atoms with Gasteiger partial charge in [-0.05, 0) is 32.9 Å². The number of carbonyl (C=O) groups is 2. The van der Waals surface area contributed by atoms with Crippen molar-refractivity contribution in [2.45, 2.75) is 32.9 Å². The van der Waals surface area contributed by atoms with Crippen LogP contribution in [-0.2, 0) is 11.3 Å². The van der Waals surface area contributed by atoms with E-state index in [4.69, 9.17) is 4.74 Å². The molecule has 0 aliphatic heterocycles. The van der Waals surface area contributed by atoms with Crippen molar-refractivity contribution in [2.75, 3.05) is 4.90 Å². The van der Waals surface area contributed by atoms with Crippen molar-refractivity contribution in [1.29, 1.82) is 0 Å². The Labute approximate surface area is 147 Å². The fraction of sp³-hybridized carbons (Fsp3) is 0.294. The first-order chi connectivity index (χ1) is 12.1. The fourth-order valence-electron chi connectivity index (χ4n) is 2.04. The average molecular weight is 365 g/mol.